The van der Waals surface area contributed by atoms with Gasteiger partial charge in [0.1, 0.15) is 11.2 Å². The first-order valence-corrected chi connectivity index (χ1v) is 17.2. The first kappa shape index (κ1) is 29.1. The number of hydrogen-bond donors (Lipinski definition) is 0. The van der Waals surface area contributed by atoms with Crippen molar-refractivity contribution >= 4 is 43.5 Å². The molecular formula is C48H30N2O. The van der Waals surface area contributed by atoms with E-state index in [1.165, 1.54) is 21.5 Å². The quantitative estimate of drug-likeness (QED) is 0.174. The molecule has 2 heterocycles. The molecule has 0 spiro atoms. The maximum Gasteiger partial charge on any atom is 0.160 e. The van der Waals surface area contributed by atoms with Crippen molar-refractivity contribution in [3.8, 4) is 56.2 Å². The highest BCUT2D eigenvalue weighted by Gasteiger charge is 2.16. The minimum absolute atomic E-state index is 0.698. The maximum absolute atomic E-state index is 6.44. The molecule has 3 nitrogen and oxygen atoms in total. The Hall–Kier alpha value is -6.84. The Bertz CT molecular complexity index is 2840. The van der Waals surface area contributed by atoms with Crippen LogP contribution >= 0.6 is 0 Å². The molecule has 0 radical (unpaired) electrons. The Balaban J connectivity index is 1.20. The standard InChI is InChI=1S/C48H30N2O/c1-4-12-31(13-5-1)36-26-37(28-38(27-36)44-30-43(33-15-6-2-7-16-33)49-48(50-44)34-17-8-3-9-18-34)35-21-24-45-42(29-35)47-41-22-20-32-14-10-11-19-39(32)40(41)23-25-46(47)51-45/h1-30H. The number of furan rings is 1. The average molecular weight is 651 g/mol. The van der Waals surface area contributed by atoms with Crippen LogP contribution in [0.3, 0.4) is 0 Å². The summed E-state index contributed by atoms with van der Waals surface area (Å²) < 4.78 is 6.44. The number of fused-ring (bicyclic) bond motifs is 7. The van der Waals surface area contributed by atoms with Gasteiger partial charge in [-0.2, -0.15) is 0 Å². The third kappa shape index (κ3) is 5.15. The van der Waals surface area contributed by atoms with Gasteiger partial charge in [0.05, 0.1) is 11.4 Å². The first-order valence-electron chi connectivity index (χ1n) is 17.2. The molecular weight excluding hydrogens is 621 g/mol. The summed E-state index contributed by atoms with van der Waals surface area (Å²) in [4.78, 5) is 10.2. The first-order chi connectivity index (χ1) is 25.2. The van der Waals surface area contributed by atoms with Crippen LogP contribution in [0.4, 0.5) is 0 Å². The summed E-state index contributed by atoms with van der Waals surface area (Å²) >= 11 is 0. The molecule has 0 aliphatic heterocycles. The van der Waals surface area contributed by atoms with E-state index in [0.29, 0.717) is 5.82 Å². The van der Waals surface area contributed by atoms with Crippen LogP contribution < -0.4 is 0 Å². The molecule has 0 aliphatic rings. The number of hydrogen-bond acceptors (Lipinski definition) is 3. The van der Waals surface area contributed by atoms with Gasteiger partial charge < -0.3 is 4.42 Å². The van der Waals surface area contributed by atoms with E-state index >= 15 is 0 Å². The van der Waals surface area contributed by atoms with Crippen LogP contribution in [0, 0.1) is 0 Å². The van der Waals surface area contributed by atoms with E-state index in [1.54, 1.807) is 0 Å². The fourth-order valence-electron chi connectivity index (χ4n) is 7.35. The van der Waals surface area contributed by atoms with Crippen molar-refractivity contribution in [2.45, 2.75) is 0 Å². The zero-order valence-corrected chi connectivity index (χ0v) is 27.6. The lowest BCUT2D eigenvalue weighted by atomic mass is 9.93. The zero-order chi connectivity index (χ0) is 33.7. The molecule has 0 unspecified atom stereocenters. The second kappa shape index (κ2) is 11.9. The number of aromatic nitrogens is 2. The second-order valence-electron chi connectivity index (χ2n) is 13.0. The fraction of sp³-hybridized carbons (Fsp3) is 0. The molecule has 0 aliphatic carbocycles. The number of benzene rings is 8. The summed E-state index contributed by atoms with van der Waals surface area (Å²) in [6, 6.07) is 63.9. The van der Waals surface area contributed by atoms with Crippen molar-refractivity contribution in [1.82, 2.24) is 9.97 Å². The molecule has 2 aromatic heterocycles. The van der Waals surface area contributed by atoms with Crippen molar-refractivity contribution in [2.24, 2.45) is 0 Å². The van der Waals surface area contributed by atoms with Gasteiger partial charge in [-0.1, -0.05) is 140 Å². The molecule has 51 heavy (non-hydrogen) atoms. The highest BCUT2D eigenvalue weighted by molar-refractivity contribution is 6.24. The summed E-state index contributed by atoms with van der Waals surface area (Å²) in [6.45, 7) is 0. The van der Waals surface area contributed by atoms with Crippen LogP contribution in [0.15, 0.2) is 186 Å². The van der Waals surface area contributed by atoms with Crippen LogP contribution in [0.5, 0.6) is 0 Å². The highest BCUT2D eigenvalue weighted by atomic mass is 16.3. The third-order valence-corrected chi connectivity index (χ3v) is 9.85. The van der Waals surface area contributed by atoms with Gasteiger partial charge in [-0.25, -0.2) is 9.97 Å². The summed E-state index contributed by atoms with van der Waals surface area (Å²) in [5, 5.41) is 7.16. The van der Waals surface area contributed by atoms with Crippen molar-refractivity contribution in [3.05, 3.63) is 182 Å². The van der Waals surface area contributed by atoms with Gasteiger partial charge in [-0.15, -0.1) is 0 Å². The van der Waals surface area contributed by atoms with Crippen molar-refractivity contribution in [3.63, 3.8) is 0 Å². The Kier molecular flexibility index (Phi) is 6.81. The van der Waals surface area contributed by atoms with Crippen molar-refractivity contribution in [1.29, 1.82) is 0 Å². The molecule has 0 saturated carbocycles. The molecule has 0 N–H and O–H groups in total. The van der Waals surface area contributed by atoms with E-state index in [0.717, 1.165) is 72.3 Å². The van der Waals surface area contributed by atoms with Crippen LogP contribution in [0.25, 0.3) is 99.6 Å². The summed E-state index contributed by atoms with van der Waals surface area (Å²) in [6.07, 6.45) is 0. The van der Waals surface area contributed by atoms with Gasteiger partial charge in [-0.05, 0) is 86.3 Å². The van der Waals surface area contributed by atoms with Gasteiger partial charge in [0.2, 0.25) is 0 Å². The SMILES string of the molecule is c1ccc(-c2cc(-c3ccc4oc5ccc6c7ccccc7ccc6c5c4c3)cc(-c3cc(-c4ccccc4)nc(-c4ccccc4)n3)c2)cc1. The Morgan fingerprint density at radius 1 is 0.314 bits per heavy atom. The Morgan fingerprint density at radius 2 is 0.902 bits per heavy atom. The Labute approximate surface area is 295 Å². The summed E-state index contributed by atoms with van der Waals surface area (Å²) in [7, 11) is 0. The Morgan fingerprint density at radius 3 is 1.67 bits per heavy atom. The predicted octanol–water partition coefficient (Wildman–Crippen LogP) is 13.0. The van der Waals surface area contributed by atoms with Gasteiger partial charge >= 0.3 is 0 Å². The van der Waals surface area contributed by atoms with E-state index < -0.39 is 0 Å². The molecule has 10 aromatic rings. The van der Waals surface area contributed by atoms with E-state index in [-0.39, 0.29) is 0 Å². The van der Waals surface area contributed by atoms with E-state index in [2.05, 4.69) is 158 Å². The minimum atomic E-state index is 0.698. The zero-order valence-electron chi connectivity index (χ0n) is 27.6. The van der Waals surface area contributed by atoms with E-state index in [4.69, 9.17) is 14.4 Å². The number of nitrogens with zero attached hydrogens (tertiary/aromatic N) is 2. The van der Waals surface area contributed by atoms with Gasteiger partial charge in [0, 0.05) is 27.5 Å². The molecule has 10 rings (SSSR count). The maximum atomic E-state index is 6.44. The van der Waals surface area contributed by atoms with Crippen molar-refractivity contribution in [2.75, 3.05) is 0 Å². The largest absolute Gasteiger partial charge is 0.456 e. The van der Waals surface area contributed by atoms with Crippen LogP contribution in [-0.4, -0.2) is 9.97 Å². The molecule has 8 aromatic carbocycles. The van der Waals surface area contributed by atoms with E-state index in [9.17, 15) is 0 Å². The monoisotopic (exact) mass is 650 g/mol. The lowest BCUT2D eigenvalue weighted by molar-refractivity contribution is 0.669. The lowest BCUT2D eigenvalue weighted by Crippen LogP contribution is -1.96. The minimum Gasteiger partial charge on any atom is -0.456 e. The highest BCUT2D eigenvalue weighted by Crippen LogP contribution is 2.40. The lowest BCUT2D eigenvalue weighted by Gasteiger charge is -2.13. The smallest absolute Gasteiger partial charge is 0.160 e. The third-order valence-electron chi connectivity index (χ3n) is 9.85. The molecule has 0 fully saturated rings. The average Bonchev–Trinajstić information content (AvgIpc) is 3.60. The molecule has 0 bridgehead atoms. The van der Waals surface area contributed by atoms with Gasteiger partial charge in [0.25, 0.3) is 0 Å². The van der Waals surface area contributed by atoms with Crippen LogP contribution in [0.2, 0.25) is 0 Å². The van der Waals surface area contributed by atoms with Crippen LogP contribution in [-0.2, 0) is 0 Å². The topological polar surface area (TPSA) is 38.9 Å². The molecule has 0 amide bonds. The second-order valence-corrected chi connectivity index (χ2v) is 13.0. The van der Waals surface area contributed by atoms with Crippen molar-refractivity contribution < 1.29 is 4.42 Å². The summed E-state index contributed by atoms with van der Waals surface area (Å²) in [5.41, 5.74) is 11.1. The normalized spacial score (nSPS) is 11.5. The van der Waals surface area contributed by atoms with E-state index in [1.807, 2.05) is 24.3 Å². The number of rotatable bonds is 5. The van der Waals surface area contributed by atoms with Crippen LogP contribution in [0.1, 0.15) is 0 Å². The van der Waals surface area contributed by atoms with Gasteiger partial charge in [0.15, 0.2) is 5.82 Å². The molecule has 0 atom stereocenters. The molecule has 0 saturated heterocycles. The fourth-order valence-corrected chi connectivity index (χ4v) is 7.35. The molecule has 238 valence electrons. The molecule has 3 heteroatoms. The van der Waals surface area contributed by atoms with Gasteiger partial charge in [-0.3, -0.25) is 0 Å². The summed E-state index contributed by atoms with van der Waals surface area (Å²) in [5.74, 6) is 0.698. The predicted molar refractivity (Wildman–Crippen MR) is 212 cm³/mol.